The van der Waals surface area contributed by atoms with E-state index in [1.807, 2.05) is 60.4 Å². The van der Waals surface area contributed by atoms with Gasteiger partial charge in [0.1, 0.15) is 0 Å². The Morgan fingerprint density at radius 3 is 2.63 bits per heavy atom. The number of hydrogen-bond donors (Lipinski definition) is 1. The van der Waals surface area contributed by atoms with E-state index < -0.39 is 11.5 Å². The Balaban J connectivity index is 1.80. The van der Waals surface area contributed by atoms with Gasteiger partial charge in [-0.2, -0.15) is 0 Å². The van der Waals surface area contributed by atoms with E-state index in [2.05, 4.69) is 5.32 Å². The van der Waals surface area contributed by atoms with E-state index in [1.54, 1.807) is 7.11 Å². The molecule has 0 radical (unpaired) electrons. The van der Waals surface area contributed by atoms with Crippen LogP contribution in [0.15, 0.2) is 48.5 Å². The third-order valence-electron chi connectivity index (χ3n) is 6.61. The van der Waals surface area contributed by atoms with Gasteiger partial charge in [0.2, 0.25) is 5.91 Å². The predicted octanol–water partition coefficient (Wildman–Crippen LogP) is 4.52. The van der Waals surface area contributed by atoms with Gasteiger partial charge in [0.15, 0.2) is 0 Å². The second-order valence-corrected chi connectivity index (χ2v) is 8.49. The Hall–Kier alpha value is -2.66. The molecule has 1 fully saturated rings. The number of rotatable bonds is 5. The standard InChI is InChI=1S/C25H30N2O3/c1-18-9-8-10-19(17-18)26-23(28)22-20-11-4-5-12-21(20)24(29)27(15-16-30-2)25(22)13-6-3-7-14-25/h4-5,8-12,17,22H,3,6-7,13-16H2,1-2H3,(H,26,28)/t22-/m0/s1. The molecular weight excluding hydrogens is 376 g/mol. The van der Waals surface area contributed by atoms with Crippen LogP contribution in [0.3, 0.4) is 0 Å². The lowest BCUT2D eigenvalue weighted by atomic mass is 9.65. The highest BCUT2D eigenvalue weighted by Gasteiger charge is 2.54. The molecule has 1 heterocycles. The summed E-state index contributed by atoms with van der Waals surface area (Å²) >= 11 is 0. The lowest BCUT2D eigenvalue weighted by Gasteiger charge is -2.53. The Labute approximate surface area is 178 Å². The first-order valence-electron chi connectivity index (χ1n) is 10.8. The molecule has 2 aromatic rings. The van der Waals surface area contributed by atoms with Crippen molar-refractivity contribution in [3.63, 3.8) is 0 Å². The molecule has 5 heteroatoms. The monoisotopic (exact) mass is 406 g/mol. The van der Waals surface area contributed by atoms with E-state index >= 15 is 0 Å². The van der Waals surface area contributed by atoms with E-state index in [1.165, 1.54) is 0 Å². The number of hydrogen-bond acceptors (Lipinski definition) is 3. The zero-order valence-corrected chi connectivity index (χ0v) is 17.8. The highest BCUT2D eigenvalue weighted by atomic mass is 16.5. The Bertz CT molecular complexity index is 933. The molecular formula is C25H30N2O3. The molecule has 0 unspecified atom stereocenters. The van der Waals surface area contributed by atoms with Gasteiger partial charge in [-0.15, -0.1) is 0 Å². The topological polar surface area (TPSA) is 58.6 Å². The SMILES string of the molecule is COCCN1C(=O)c2ccccc2[C@@H](C(=O)Nc2cccc(C)c2)C12CCCCC2. The van der Waals surface area contributed by atoms with E-state index in [4.69, 9.17) is 4.74 Å². The molecule has 1 aliphatic carbocycles. The highest BCUT2D eigenvalue weighted by Crippen LogP contribution is 2.49. The predicted molar refractivity (Wildman–Crippen MR) is 118 cm³/mol. The molecule has 5 nitrogen and oxygen atoms in total. The summed E-state index contributed by atoms with van der Waals surface area (Å²) in [5.74, 6) is -0.418. The van der Waals surface area contributed by atoms with Gasteiger partial charge in [0.25, 0.3) is 5.91 Å². The summed E-state index contributed by atoms with van der Waals surface area (Å²) in [6, 6.07) is 15.5. The first-order valence-corrected chi connectivity index (χ1v) is 10.8. The Morgan fingerprint density at radius 2 is 1.90 bits per heavy atom. The molecule has 2 aliphatic rings. The van der Waals surface area contributed by atoms with Crippen molar-refractivity contribution >= 4 is 17.5 Å². The fourth-order valence-corrected chi connectivity index (χ4v) is 5.29. The molecule has 158 valence electrons. The van der Waals surface area contributed by atoms with Crippen LogP contribution in [0.5, 0.6) is 0 Å². The molecule has 2 amide bonds. The van der Waals surface area contributed by atoms with Crippen LogP contribution in [0.1, 0.15) is 59.5 Å². The van der Waals surface area contributed by atoms with Crippen LogP contribution in [0.2, 0.25) is 0 Å². The number of carbonyl (C=O) groups excluding carboxylic acids is 2. The average Bonchev–Trinajstić information content (AvgIpc) is 2.74. The van der Waals surface area contributed by atoms with Crippen molar-refractivity contribution in [3.8, 4) is 0 Å². The van der Waals surface area contributed by atoms with Crippen molar-refractivity contribution in [3.05, 3.63) is 65.2 Å². The summed E-state index contributed by atoms with van der Waals surface area (Å²) in [6.45, 7) is 2.97. The quantitative estimate of drug-likeness (QED) is 0.794. The summed E-state index contributed by atoms with van der Waals surface area (Å²) in [5, 5.41) is 3.15. The molecule has 1 atom stereocenters. The lowest BCUT2D eigenvalue weighted by Crippen LogP contribution is -2.62. The number of benzene rings is 2. The zero-order valence-electron chi connectivity index (χ0n) is 17.8. The fraction of sp³-hybridized carbons (Fsp3) is 0.440. The molecule has 1 saturated carbocycles. The van der Waals surface area contributed by atoms with E-state index in [-0.39, 0.29) is 11.8 Å². The largest absolute Gasteiger partial charge is 0.383 e. The lowest BCUT2D eigenvalue weighted by molar-refractivity contribution is -0.122. The van der Waals surface area contributed by atoms with Gasteiger partial charge in [-0.25, -0.2) is 0 Å². The number of ether oxygens (including phenoxy) is 1. The minimum absolute atomic E-state index is 0.0177. The summed E-state index contributed by atoms with van der Waals surface area (Å²) in [6.07, 6.45) is 4.85. The third-order valence-corrected chi connectivity index (χ3v) is 6.61. The van der Waals surface area contributed by atoms with Gasteiger partial charge in [0.05, 0.1) is 18.1 Å². The van der Waals surface area contributed by atoms with E-state index in [0.29, 0.717) is 18.7 Å². The molecule has 2 aromatic carbocycles. The molecule has 4 rings (SSSR count). The van der Waals surface area contributed by atoms with Crippen molar-refractivity contribution in [2.24, 2.45) is 0 Å². The number of aryl methyl sites for hydroxylation is 1. The van der Waals surface area contributed by atoms with E-state index in [9.17, 15) is 9.59 Å². The number of methoxy groups -OCH3 is 1. The molecule has 1 aliphatic heterocycles. The number of anilines is 1. The summed E-state index contributed by atoms with van der Waals surface area (Å²) in [7, 11) is 1.65. The smallest absolute Gasteiger partial charge is 0.254 e. The van der Waals surface area contributed by atoms with Crippen molar-refractivity contribution in [1.29, 1.82) is 0 Å². The normalized spacial score (nSPS) is 20.1. The average molecular weight is 407 g/mol. The van der Waals surface area contributed by atoms with Crippen molar-refractivity contribution in [1.82, 2.24) is 4.90 Å². The maximum Gasteiger partial charge on any atom is 0.254 e. The van der Waals surface area contributed by atoms with Crippen LogP contribution in [-0.4, -0.2) is 42.5 Å². The van der Waals surface area contributed by atoms with Crippen molar-refractivity contribution < 1.29 is 14.3 Å². The van der Waals surface area contributed by atoms with Crippen LogP contribution in [0, 0.1) is 6.92 Å². The molecule has 1 N–H and O–H groups in total. The maximum atomic E-state index is 13.8. The second-order valence-electron chi connectivity index (χ2n) is 8.49. The van der Waals surface area contributed by atoms with Gasteiger partial charge >= 0.3 is 0 Å². The number of nitrogens with zero attached hydrogens (tertiary/aromatic N) is 1. The molecule has 0 aromatic heterocycles. The number of fused-ring (bicyclic) bond motifs is 1. The minimum Gasteiger partial charge on any atom is -0.383 e. The summed E-state index contributed by atoms with van der Waals surface area (Å²) < 4.78 is 5.32. The van der Waals surface area contributed by atoms with Crippen LogP contribution < -0.4 is 5.32 Å². The van der Waals surface area contributed by atoms with Crippen LogP contribution in [0.25, 0.3) is 0 Å². The zero-order chi connectivity index (χ0) is 21.1. The van der Waals surface area contributed by atoms with Gasteiger partial charge in [-0.1, -0.05) is 49.6 Å². The molecule has 0 bridgehead atoms. The van der Waals surface area contributed by atoms with Crippen molar-refractivity contribution in [2.75, 3.05) is 25.6 Å². The van der Waals surface area contributed by atoms with Crippen LogP contribution in [-0.2, 0) is 9.53 Å². The van der Waals surface area contributed by atoms with Gasteiger partial charge in [-0.05, 0) is 49.1 Å². The number of carbonyl (C=O) groups is 2. The summed E-state index contributed by atoms with van der Waals surface area (Å²) in [5.41, 5.74) is 2.87. The minimum atomic E-state index is -0.504. The van der Waals surface area contributed by atoms with Gasteiger partial charge in [-0.3, -0.25) is 9.59 Å². The van der Waals surface area contributed by atoms with Crippen LogP contribution >= 0.6 is 0 Å². The first-order chi connectivity index (χ1) is 14.6. The highest BCUT2D eigenvalue weighted by molar-refractivity contribution is 6.05. The molecule has 30 heavy (non-hydrogen) atoms. The molecule has 1 spiro atoms. The maximum absolute atomic E-state index is 13.8. The van der Waals surface area contributed by atoms with Gasteiger partial charge < -0.3 is 15.0 Å². The molecule has 0 saturated heterocycles. The Kier molecular flexibility index (Phi) is 5.91. The first kappa shape index (κ1) is 20.6. The van der Waals surface area contributed by atoms with Crippen LogP contribution in [0.4, 0.5) is 5.69 Å². The van der Waals surface area contributed by atoms with E-state index in [0.717, 1.165) is 48.9 Å². The number of nitrogens with one attached hydrogen (secondary N) is 1. The number of amides is 2. The summed E-state index contributed by atoms with van der Waals surface area (Å²) in [4.78, 5) is 29.2. The van der Waals surface area contributed by atoms with Gasteiger partial charge in [0, 0.05) is 24.9 Å². The third kappa shape index (κ3) is 3.63. The Morgan fingerprint density at radius 1 is 1.13 bits per heavy atom. The fourth-order valence-electron chi connectivity index (χ4n) is 5.29. The van der Waals surface area contributed by atoms with Crippen molar-refractivity contribution in [2.45, 2.75) is 50.5 Å². The second kappa shape index (κ2) is 8.60.